The Morgan fingerprint density at radius 3 is 2.50 bits per heavy atom. The first kappa shape index (κ1) is 20.4. The maximum absolute atomic E-state index is 13.3. The highest BCUT2D eigenvalue weighted by Crippen LogP contribution is 2.53. The number of methoxy groups -OCH3 is 3. The lowest BCUT2D eigenvalue weighted by Gasteiger charge is -2.23. The fourth-order valence-electron chi connectivity index (χ4n) is 4.85. The second kappa shape index (κ2) is 7.27. The average Bonchev–Trinajstić information content (AvgIpc) is 3.53. The van der Waals surface area contributed by atoms with Gasteiger partial charge in [-0.1, -0.05) is 17.3 Å². The lowest BCUT2D eigenvalue weighted by Crippen LogP contribution is -2.41. The monoisotopic (exact) mass is 441 g/mol. The molecule has 5 rings (SSSR count). The molecular weight excluding hydrogens is 418 g/mol. The third-order valence-electron chi connectivity index (χ3n) is 6.23. The molecule has 1 spiro atoms. The highest BCUT2D eigenvalue weighted by atomic mass is 16.5. The summed E-state index contributed by atoms with van der Waals surface area (Å²) in [5.41, 5.74) is -0.397. The molecule has 2 amide bonds. The van der Waals surface area contributed by atoms with Crippen molar-refractivity contribution in [1.29, 1.82) is 0 Å². The number of ether oxygens (including phenoxy) is 4. The normalized spacial score (nSPS) is 27.6. The standard InChI is InChI=1S/C22H23N3O7/c1-11-7-16(24-32-11)25-10-22-6-5-13(31-22)17(18(22)21(25)27)20(26)23-12-8-14(28-2)19(30-4)15(9-12)29-3/h5-9,13,17-18H,10H2,1-4H3,(H,23,26)/t13-,17-,18-,22-/m1/s1. The van der Waals surface area contributed by atoms with Crippen LogP contribution in [0.2, 0.25) is 0 Å². The summed E-state index contributed by atoms with van der Waals surface area (Å²) < 4.78 is 27.3. The summed E-state index contributed by atoms with van der Waals surface area (Å²) in [6.07, 6.45) is 3.25. The van der Waals surface area contributed by atoms with Crippen LogP contribution in [0.5, 0.6) is 17.2 Å². The van der Waals surface area contributed by atoms with E-state index < -0.39 is 23.5 Å². The first-order chi connectivity index (χ1) is 15.4. The maximum atomic E-state index is 13.3. The van der Waals surface area contributed by atoms with Gasteiger partial charge in [0.1, 0.15) is 11.4 Å². The third kappa shape index (κ3) is 2.86. The van der Waals surface area contributed by atoms with Gasteiger partial charge in [-0.05, 0) is 6.92 Å². The number of hydrogen-bond donors (Lipinski definition) is 1. The summed E-state index contributed by atoms with van der Waals surface area (Å²) in [4.78, 5) is 28.2. The van der Waals surface area contributed by atoms with Crippen molar-refractivity contribution in [2.75, 3.05) is 38.1 Å². The zero-order valence-corrected chi connectivity index (χ0v) is 18.1. The van der Waals surface area contributed by atoms with Crippen LogP contribution in [0.3, 0.4) is 0 Å². The number of aromatic nitrogens is 1. The minimum Gasteiger partial charge on any atom is -0.493 e. The maximum Gasteiger partial charge on any atom is 0.235 e. The Bertz CT molecular complexity index is 1100. The topological polar surface area (TPSA) is 112 Å². The smallest absolute Gasteiger partial charge is 0.235 e. The van der Waals surface area contributed by atoms with Crippen molar-refractivity contribution in [3.05, 3.63) is 36.1 Å². The highest BCUT2D eigenvalue weighted by Gasteiger charge is 2.67. The molecule has 10 nitrogen and oxygen atoms in total. The van der Waals surface area contributed by atoms with E-state index in [1.54, 1.807) is 25.1 Å². The number of benzene rings is 1. The summed E-state index contributed by atoms with van der Waals surface area (Å²) in [5, 5.41) is 6.84. The molecule has 2 fully saturated rings. The Kier molecular flexibility index (Phi) is 4.63. The molecular formula is C22H23N3O7. The molecule has 4 atom stereocenters. The van der Waals surface area contributed by atoms with Gasteiger partial charge in [0.25, 0.3) is 0 Å². The zero-order valence-electron chi connectivity index (χ0n) is 18.1. The Labute approximate surface area is 184 Å². The fraction of sp³-hybridized carbons (Fsp3) is 0.409. The number of aryl methyl sites for hydroxylation is 1. The van der Waals surface area contributed by atoms with E-state index in [0.717, 1.165) is 0 Å². The molecule has 4 heterocycles. The lowest BCUT2D eigenvalue weighted by atomic mass is 9.77. The first-order valence-electron chi connectivity index (χ1n) is 10.1. The van der Waals surface area contributed by atoms with Crippen LogP contribution in [-0.2, 0) is 14.3 Å². The van der Waals surface area contributed by atoms with Gasteiger partial charge in [-0.25, -0.2) is 0 Å². The highest BCUT2D eigenvalue weighted by molar-refractivity contribution is 6.05. The van der Waals surface area contributed by atoms with E-state index in [2.05, 4.69) is 10.5 Å². The van der Waals surface area contributed by atoms with Crippen molar-refractivity contribution in [2.24, 2.45) is 11.8 Å². The number of hydrogen-bond acceptors (Lipinski definition) is 8. The second-order valence-corrected chi connectivity index (χ2v) is 8.02. The molecule has 3 aliphatic rings. The van der Waals surface area contributed by atoms with E-state index in [1.807, 2.05) is 12.2 Å². The van der Waals surface area contributed by atoms with Gasteiger partial charge in [-0.15, -0.1) is 0 Å². The van der Waals surface area contributed by atoms with Crippen molar-refractivity contribution in [1.82, 2.24) is 5.16 Å². The quantitative estimate of drug-likeness (QED) is 0.677. The number of anilines is 2. The number of fused-ring (bicyclic) bond motifs is 1. The van der Waals surface area contributed by atoms with E-state index >= 15 is 0 Å². The van der Waals surface area contributed by atoms with Gasteiger partial charge in [-0.2, -0.15) is 0 Å². The van der Waals surface area contributed by atoms with E-state index in [9.17, 15) is 9.59 Å². The van der Waals surface area contributed by atoms with E-state index in [4.69, 9.17) is 23.5 Å². The molecule has 1 N–H and O–H groups in total. The lowest BCUT2D eigenvalue weighted by molar-refractivity contribution is -0.128. The molecule has 32 heavy (non-hydrogen) atoms. The molecule has 0 aliphatic carbocycles. The number of amides is 2. The van der Waals surface area contributed by atoms with Gasteiger partial charge in [-0.3, -0.25) is 14.5 Å². The number of nitrogens with zero attached hydrogens (tertiary/aromatic N) is 2. The third-order valence-corrected chi connectivity index (χ3v) is 6.23. The van der Waals surface area contributed by atoms with Gasteiger partial charge in [0.05, 0.1) is 45.8 Å². The van der Waals surface area contributed by atoms with Crippen LogP contribution >= 0.6 is 0 Å². The predicted molar refractivity (Wildman–Crippen MR) is 112 cm³/mol. The van der Waals surface area contributed by atoms with Crippen LogP contribution in [0.4, 0.5) is 11.5 Å². The predicted octanol–water partition coefficient (Wildman–Crippen LogP) is 1.93. The molecule has 3 aliphatic heterocycles. The molecule has 2 bridgehead atoms. The van der Waals surface area contributed by atoms with Crippen molar-refractivity contribution in [2.45, 2.75) is 18.6 Å². The van der Waals surface area contributed by atoms with E-state index in [-0.39, 0.29) is 18.4 Å². The summed E-state index contributed by atoms with van der Waals surface area (Å²) in [7, 11) is 4.50. The SMILES string of the molecule is COc1cc(NC(=O)[C@@H]2[C@H]3C=C[C@]4(CN(c5cc(C)on5)C(=O)[C@@H]24)O3)cc(OC)c1OC. The Balaban J connectivity index is 1.43. The summed E-state index contributed by atoms with van der Waals surface area (Å²) >= 11 is 0. The van der Waals surface area contributed by atoms with Crippen LogP contribution in [0, 0.1) is 18.8 Å². The molecule has 0 saturated carbocycles. The van der Waals surface area contributed by atoms with Crippen LogP contribution in [0.1, 0.15) is 5.76 Å². The fourth-order valence-corrected chi connectivity index (χ4v) is 4.85. The summed E-state index contributed by atoms with van der Waals surface area (Å²) in [6.45, 7) is 2.04. The Morgan fingerprint density at radius 1 is 1.19 bits per heavy atom. The van der Waals surface area contributed by atoms with Crippen LogP contribution in [-0.4, -0.2) is 56.6 Å². The number of nitrogens with one attached hydrogen (secondary N) is 1. The minimum absolute atomic E-state index is 0.213. The second-order valence-electron chi connectivity index (χ2n) is 8.02. The van der Waals surface area contributed by atoms with Crippen LogP contribution in [0.15, 0.2) is 34.9 Å². The number of carbonyl (C=O) groups is 2. The molecule has 2 aromatic rings. The minimum atomic E-state index is -0.855. The van der Waals surface area contributed by atoms with E-state index in [0.29, 0.717) is 34.5 Å². The van der Waals surface area contributed by atoms with Gasteiger partial charge in [0, 0.05) is 23.9 Å². The van der Waals surface area contributed by atoms with Crippen molar-refractivity contribution < 1.29 is 33.1 Å². The Morgan fingerprint density at radius 2 is 1.91 bits per heavy atom. The number of carbonyl (C=O) groups excluding carboxylic acids is 2. The molecule has 10 heteroatoms. The van der Waals surface area contributed by atoms with Gasteiger partial charge in [0.15, 0.2) is 17.3 Å². The molecule has 1 aromatic carbocycles. The van der Waals surface area contributed by atoms with Crippen molar-refractivity contribution in [3.8, 4) is 17.2 Å². The molecule has 0 radical (unpaired) electrons. The molecule has 2 saturated heterocycles. The van der Waals surface area contributed by atoms with Crippen LogP contribution < -0.4 is 24.4 Å². The summed E-state index contributed by atoms with van der Waals surface area (Å²) in [6, 6.07) is 4.97. The van der Waals surface area contributed by atoms with Gasteiger partial charge in [0.2, 0.25) is 17.6 Å². The largest absolute Gasteiger partial charge is 0.493 e. The van der Waals surface area contributed by atoms with Gasteiger partial charge < -0.3 is 28.8 Å². The van der Waals surface area contributed by atoms with E-state index in [1.165, 1.54) is 26.2 Å². The molecule has 0 unspecified atom stereocenters. The van der Waals surface area contributed by atoms with Crippen LogP contribution in [0.25, 0.3) is 0 Å². The Hall–Kier alpha value is -3.53. The zero-order chi connectivity index (χ0) is 22.6. The van der Waals surface area contributed by atoms with Crippen molar-refractivity contribution >= 4 is 23.3 Å². The number of rotatable bonds is 6. The van der Waals surface area contributed by atoms with Crippen molar-refractivity contribution in [3.63, 3.8) is 0 Å². The average molecular weight is 441 g/mol. The van der Waals surface area contributed by atoms with Gasteiger partial charge >= 0.3 is 0 Å². The molecule has 168 valence electrons. The summed E-state index contributed by atoms with van der Waals surface area (Å²) in [5.74, 6) is 0.366. The molecule has 1 aromatic heterocycles. The first-order valence-corrected chi connectivity index (χ1v) is 10.1.